The van der Waals surface area contributed by atoms with Crippen LogP contribution in [0, 0.1) is 5.92 Å². The highest BCUT2D eigenvalue weighted by atomic mass is 32.1. The summed E-state index contributed by atoms with van der Waals surface area (Å²) < 4.78 is 0. The Kier molecular flexibility index (Phi) is 6.20. The van der Waals surface area contributed by atoms with Crippen molar-refractivity contribution in [2.45, 2.75) is 72.0 Å². The molecule has 21 heavy (non-hydrogen) atoms. The first kappa shape index (κ1) is 16.9. The van der Waals surface area contributed by atoms with E-state index in [-0.39, 0.29) is 5.54 Å². The van der Waals surface area contributed by atoms with E-state index < -0.39 is 0 Å². The number of likely N-dealkylation sites (tertiary alicyclic amines) is 1. The molecule has 2 heterocycles. The molecule has 1 fully saturated rings. The molecule has 0 amide bonds. The van der Waals surface area contributed by atoms with Crippen molar-refractivity contribution in [1.29, 1.82) is 0 Å². The molecule has 1 aliphatic rings. The molecule has 0 aromatic carbocycles. The van der Waals surface area contributed by atoms with Gasteiger partial charge in [0.1, 0.15) is 5.01 Å². The van der Waals surface area contributed by atoms with Crippen molar-refractivity contribution in [2.24, 2.45) is 5.92 Å². The standard InChI is InChI=1S/C17H31N3S/c1-5-6-14-7-9-20(10-8-14)12-15-13-21-16(19-15)11-18-17(2,3)4/h13-14,18H,5-12H2,1-4H3. The first-order chi connectivity index (χ1) is 9.96. The van der Waals surface area contributed by atoms with Crippen LogP contribution in [0.2, 0.25) is 0 Å². The van der Waals surface area contributed by atoms with Crippen LogP contribution < -0.4 is 5.32 Å². The van der Waals surface area contributed by atoms with Gasteiger partial charge in [-0.1, -0.05) is 19.8 Å². The third-order valence-electron chi connectivity index (χ3n) is 4.16. The van der Waals surface area contributed by atoms with Crippen LogP contribution in [0.4, 0.5) is 0 Å². The van der Waals surface area contributed by atoms with E-state index in [1.54, 1.807) is 11.3 Å². The summed E-state index contributed by atoms with van der Waals surface area (Å²) in [6.45, 7) is 13.3. The zero-order valence-corrected chi connectivity index (χ0v) is 14.9. The molecule has 0 atom stereocenters. The lowest BCUT2D eigenvalue weighted by atomic mass is 9.92. The lowest BCUT2D eigenvalue weighted by Gasteiger charge is -2.31. The van der Waals surface area contributed by atoms with E-state index >= 15 is 0 Å². The van der Waals surface area contributed by atoms with Crippen molar-refractivity contribution in [3.63, 3.8) is 0 Å². The predicted molar refractivity (Wildman–Crippen MR) is 91.6 cm³/mol. The average Bonchev–Trinajstić information content (AvgIpc) is 2.86. The molecule has 0 unspecified atom stereocenters. The van der Waals surface area contributed by atoms with Gasteiger partial charge in [-0.2, -0.15) is 0 Å². The molecule has 3 nitrogen and oxygen atoms in total. The van der Waals surface area contributed by atoms with Crippen molar-refractivity contribution >= 4 is 11.3 Å². The minimum Gasteiger partial charge on any atom is -0.306 e. The molecule has 1 N–H and O–H groups in total. The summed E-state index contributed by atoms with van der Waals surface area (Å²) >= 11 is 1.79. The van der Waals surface area contributed by atoms with E-state index in [1.807, 2.05) is 0 Å². The normalized spacial score (nSPS) is 18.3. The Morgan fingerprint density at radius 3 is 2.67 bits per heavy atom. The van der Waals surface area contributed by atoms with Crippen LogP contribution in [0.25, 0.3) is 0 Å². The Labute approximate surface area is 134 Å². The molecule has 4 heteroatoms. The Bertz CT molecular complexity index is 414. The third kappa shape index (κ3) is 6.05. The van der Waals surface area contributed by atoms with Crippen LogP contribution in [0.5, 0.6) is 0 Å². The average molecular weight is 310 g/mol. The highest BCUT2D eigenvalue weighted by molar-refractivity contribution is 7.09. The SMILES string of the molecule is CCCC1CCN(Cc2csc(CNC(C)(C)C)n2)CC1. The maximum absolute atomic E-state index is 4.78. The van der Waals surface area contributed by atoms with Gasteiger partial charge in [0.15, 0.2) is 0 Å². The zero-order valence-electron chi connectivity index (χ0n) is 14.1. The Hall–Kier alpha value is -0.450. The molecule has 0 bridgehead atoms. The topological polar surface area (TPSA) is 28.2 Å². The summed E-state index contributed by atoms with van der Waals surface area (Å²) in [5, 5.41) is 6.95. The van der Waals surface area contributed by atoms with Gasteiger partial charge >= 0.3 is 0 Å². The van der Waals surface area contributed by atoms with Crippen LogP contribution in [0.15, 0.2) is 5.38 Å². The van der Waals surface area contributed by atoms with E-state index in [1.165, 1.54) is 49.5 Å². The van der Waals surface area contributed by atoms with Gasteiger partial charge in [0, 0.05) is 24.0 Å². The molecule has 0 aliphatic carbocycles. The van der Waals surface area contributed by atoms with Crippen LogP contribution in [-0.2, 0) is 13.1 Å². The van der Waals surface area contributed by atoms with Crippen molar-refractivity contribution in [1.82, 2.24) is 15.2 Å². The maximum atomic E-state index is 4.78. The molecule has 1 aliphatic heterocycles. The van der Waals surface area contributed by atoms with Crippen LogP contribution in [-0.4, -0.2) is 28.5 Å². The molecule has 1 aromatic rings. The number of nitrogens with zero attached hydrogens (tertiary/aromatic N) is 2. The van der Waals surface area contributed by atoms with Gasteiger partial charge in [-0.3, -0.25) is 4.90 Å². The van der Waals surface area contributed by atoms with Crippen molar-refractivity contribution in [2.75, 3.05) is 13.1 Å². The summed E-state index contributed by atoms with van der Waals surface area (Å²) in [6, 6.07) is 0. The number of thiazole rings is 1. The fraction of sp³-hybridized carbons (Fsp3) is 0.824. The van der Waals surface area contributed by atoms with Gasteiger partial charge in [-0.25, -0.2) is 4.98 Å². The molecule has 0 saturated carbocycles. The monoisotopic (exact) mass is 309 g/mol. The molecule has 0 radical (unpaired) electrons. The van der Waals surface area contributed by atoms with E-state index in [0.717, 1.165) is 19.0 Å². The van der Waals surface area contributed by atoms with Gasteiger partial charge in [0.05, 0.1) is 5.69 Å². The van der Waals surface area contributed by atoms with Gasteiger partial charge in [-0.05, 0) is 52.6 Å². The van der Waals surface area contributed by atoms with E-state index in [2.05, 4.69) is 43.3 Å². The lowest BCUT2D eigenvalue weighted by molar-refractivity contribution is 0.170. The fourth-order valence-electron chi connectivity index (χ4n) is 2.91. The largest absolute Gasteiger partial charge is 0.306 e. The molecular weight excluding hydrogens is 278 g/mol. The number of rotatable bonds is 6. The summed E-state index contributed by atoms with van der Waals surface area (Å²) in [5.41, 5.74) is 1.41. The van der Waals surface area contributed by atoms with Gasteiger partial charge in [-0.15, -0.1) is 11.3 Å². The van der Waals surface area contributed by atoms with Crippen LogP contribution in [0.3, 0.4) is 0 Å². The Morgan fingerprint density at radius 1 is 1.33 bits per heavy atom. The van der Waals surface area contributed by atoms with E-state index in [0.29, 0.717) is 0 Å². The molecular formula is C17H31N3S. The second-order valence-electron chi connectivity index (χ2n) is 7.34. The molecule has 120 valence electrons. The van der Waals surface area contributed by atoms with Gasteiger partial charge in [0.25, 0.3) is 0 Å². The zero-order chi connectivity index (χ0) is 15.3. The molecule has 2 rings (SSSR count). The van der Waals surface area contributed by atoms with E-state index in [4.69, 9.17) is 4.98 Å². The van der Waals surface area contributed by atoms with Crippen molar-refractivity contribution < 1.29 is 0 Å². The summed E-state index contributed by atoms with van der Waals surface area (Å²) in [6.07, 6.45) is 5.49. The van der Waals surface area contributed by atoms with Gasteiger partial charge < -0.3 is 5.32 Å². The van der Waals surface area contributed by atoms with Crippen LogP contribution >= 0.6 is 11.3 Å². The molecule has 1 aromatic heterocycles. The highest BCUT2D eigenvalue weighted by Gasteiger charge is 2.19. The van der Waals surface area contributed by atoms with Gasteiger partial charge in [0.2, 0.25) is 0 Å². The molecule has 0 spiro atoms. The number of piperidine rings is 1. The summed E-state index contributed by atoms with van der Waals surface area (Å²) in [5.74, 6) is 0.966. The summed E-state index contributed by atoms with van der Waals surface area (Å²) in [7, 11) is 0. The number of hydrogen-bond acceptors (Lipinski definition) is 4. The third-order valence-corrected chi connectivity index (χ3v) is 5.06. The van der Waals surface area contributed by atoms with Crippen molar-refractivity contribution in [3.05, 3.63) is 16.1 Å². The quantitative estimate of drug-likeness (QED) is 0.859. The first-order valence-electron chi connectivity index (χ1n) is 8.37. The van der Waals surface area contributed by atoms with Crippen molar-refractivity contribution in [3.8, 4) is 0 Å². The highest BCUT2D eigenvalue weighted by Crippen LogP contribution is 2.23. The minimum absolute atomic E-state index is 0.160. The predicted octanol–water partition coefficient (Wildman–Crippen LogP) is 4.04. The second kappa shape index (κ2) is 7.70. The first-order valence-corrected chi connectivity index (χ1v) is 9.25. The maximum Gasteiger partial charge on any atom is 0.107 e. The Balaban J connectivity index is 1.75. The minimum atomic E-state index is 0.160. The fourth-order valence-corrected chi connectivity index (χ4v) is 3.64. The van der Waals surface area contributed by atoms with Crippen LogP contribution in [0.1, 0.15) is 64.1 Å². The lowest BCUT2D eigenvalue weighted by Crippen LogP contribution is -2.35. The summed E-state index contributed by atoms with van der Waals surface area (Å²) in [4.78, 5) is 7.35. The number of aromatic nitrogens is 1. The number of hydrogen-bond donors (Lipinski definition) is 1. The van der Waals surface area contributed by atoms with E-state index in [9.17, 15) is 0 Å². The second-order valence-corrected chi connectivity index (χ2v) is 8.29. The smallest absolute Gasteiger partial charge is 0.107 e. The Morgan fingerprint density at radius 2 is 2.05 bits per heavy atom. The number of nitrogens with one attached hydrogen (secondary N) is 1. The molecule has 1 saturated heterocycles.